The number of amides is 1. The zero-order valence-electron chi connectivity index (χ0n) is 22.3. The second-order valence-electron chi connectivity index (χ2n) is 9.87. The molecule has 0 unspecified atom stereocenters. The second-order valence-corrected chi connectivity index (χ2v) is 12.4. The fourth-order valence-electron chi connectivity index (χ4n) is 4.80. The standard InChI is InChI=1S/C31H29Cl2N3O4S/c1-22-20-35(21-23-7-3-2-4-8-23)17-18-36(22)31(37)27-19-24(32)11-16-29(27)34-41(38,39)26-14-12-25(13-15-26)40-30-10-6-5-9-28(30)33/h2-16,19,22,34H,17-18,20-21H2,1H3/t22-/m0/s1. The SMILES string of the molecule is C[C@H]1CN(Cc2ccccc2)CCN1C(=O)c1cc(Cl)ccc1NS(=O)(=O)c1ccc(Oc2ccccc2Cl)cc1. The van der Waals surface area contributed by atoms with Crippen LogP contribution in [-0.2, 0) is 16.6 Å². The van der Waals surface area contributed by atoms with Crippen LogP contribution in [0.3, 0.4) is 0 Å². The molecule has 0 bridgehead atoms. The molecular weight excluding hydrogens is 581 g/mol. The van der Waals surface area contributed by atoms with E-state index in [2.05, 4.69) is 21.8 Å². The van der Waals surface area contributed by atoms with Crippen LogP contribution in [0.15, 0.2) is 102 Å². The lowest BCUT2D eigenvalue weighted by Gasteiger charge is -2.40. The maximum Gasteiger partial charge on any atom is 0.261 e. The van der Waals surface area contributed by atoms with E-state index in [9.17, 15) is 13.2 Å². The van der Waals surface area contributed by atoms with E-state index in [4.69, 9.17) is 27.9 Å². The summed E-state index contributed by atoms with van der Waals surface area (Å²) in [6, 6.07) is 27.7. The van der Waals surface area contributed by atoms with Crippen LogP contribution in [0, 0.1) is 0 Å². The number of para-hydroxylation sites is 1. The number of piperazine rings is 1. The van der Waals surface area contributed by atoms with Crippen molar-refractivity contribution in [2.24, 2.45) is 0 Å². The highest BCUT2D eigenvalue weighted by molar-refractivity contribution is 7.92. The van der Waals surface area contributed by atoms with Crippen LogP contribution in [0.1, 0.15) is 22.8 Å². The zero-order chi connectivity index (χ0) is 29.0. The maximum atomic E-state index is 13.7. The first-order valence-electron chi connectivity index (χ1n) is 13.1. The number of halogens is 2. The van der Waals surface area contributed by atoms with Gasteiger partial charge in [-0.1, -0.05) is 65.7 Å². The summed E-state index contributed by atoms with van der Waals surface area (Å²) >= 11 is 12.4. The minimum Gasteiger partial charge on any atom is -0.456 e. The summed E-state index contributed by atoms with van der Waals surface area (Å²) in [5, 5.41) is 0.783. The van der Waals surface area contributed by atoms with Crippen molar-refractivity contribution in [1.29, 1.82) is 0 Å². The molecule has 1 aliphatic rings. The molecule has 4 aromatic carbocycles. The topological polar surface area (TPSA) is 79.0 Å². The first-order chi connectivity index (χ1) is 19.7. The lowest BCUT2D eigenvalue weighted by atomic mass is 10.1. The first kappa shape index (κ1) is 29.0. The lowest BCUT2D eigenvalue weighted by Crippen LogP contribution is -2.53. The van der Waals surface area contributed by atoms with Crippen molar-refractivity contribution >= 4 is 44.8 Å². The highest BCUT2D eigenvalue weighted by Gasteiger charge is 2.30. The number of sulfonamides is 1. The number of hydrogen-bond acceptors (Lipinski definition) is 5. The van der Waals surface area contributed by atoms with Crippen LogP contribution in [-0.4, -0.2) is 49.8 Å². The number of benzene rings is 4. The van der Waals surface area contributed by atoms with E-state index >= 15 is 0 Å². The van der Waals surface area contributed by atoms with E-state index in [0.29, 0.717) is 41.2 Å². The van der Waals surface area contributed by atoms with Crippen molar-refractivity contribution in [3.05, 3.63) is 118 Å². The molecule has 5 rings (SSSR count). The van der Waals surface area contributed by atoms with E-state index in [0.717, 1.165) is 6.54 Å². The quantitative estimate of drug-likeness (QED) is 0.234. The highest BCUT2D eigenvalue weighted by Crippen LogP contribution is 2.31. The second kappa shape index (κ2) is 12.5. The molecule has 212 valence electrons. The van der Waals surface area contributed by atoms with Gasteiger partial charge in [-0.3, -0.25) is 14.4 Å². The predicted octanol–water partition coefficient (Wildman–Crippen LogP) is 6.93. The summed E-state index contributed by atoms with van der Waals surface area (Å²) in [5.74, 6) is 0.614. The molecule has 4 aromatic rings. The molecule has 1 fully saturated rings. The van der Waals surface area contributed by atoms with Crippen molar-refractivity contribution in [1.82, 2.24) is 9.80 Å². The molecule has 0 aromatic heterocycles. The Kier molecular flexibility index (Phi) is 8.85. The molecule has 7 nitrogen and oxygen atoms in total. The number of carbonyl (C=O) groups excluding carboxylic acids is 1. The van der Waals surface area contributed by atoms with Gasteiger partial charge < -0.3 is 9.64 Å². The maximum absolute atomic E-state index is 13.7. The third kappa shape index (κ3) is 7.02. The molecule has 0 spiro atoms. The van der Waals surface area contributed by atoms with Crippen LogP contribution in [0.25, 0.3) is 0 Å². The number of carbonyl (C=O) groups is 1. The minimum atomic E-state index is -4.02. The summed E-state index contributed by atoms with van der Waals surface area (Å²) in [6.45, 7) is 4.71. The lowest BCUT2D eigenvalue weighted by molar-refractivity contribution is 0.0476. The summed E-state index contributed by atoms with van der Waals surface area (Å²) in [5.41, 5.74) is 1.58. The fourth-order valence-corrected chi connectivity index (χ4v) is 6.23. The van der Waals surface area contributed by atoms with Crippen LogP contribution < -0.4 is 9.46 Å². The molecule has 0 aliphatic carbocycles. The Morgan fingerprint density at radius 1 is 0.927 bits per heavy atom. The van der Waals surface area contributed by atoms with Gasteiger partial charge in [-0.2, -0.15) is 0 Å². The van der Waals surface area contributed by atoms with Crippen molar-refractivity contribution in [3.63, 3.8) is 0 Å². The third-order valence-electron chi connectivity index (χ3n) is 6.88. The van der Waals surface area contributed by atoms with E-state index in [1.807, 2.05) is 25.1 Å². The summed E-state index contributed by atoms with van der Waals surface area (Å²) in [6.07, 6.45) is 0. The Morgan fingerprint density at radius 2 is 1.63 bits per heavy atom. The van der Waals surface area contributed by atoms with Crippen LogP contribution in [0.4, 0.5) is 5.69 Å². The molecule has 1 aliphatic heterocycles. The average Bonchev–Trinajstić information content (AvgIpc) is 2.96. The van der Waals surface area contributed by atoms with Crippen molar-refractivity contribution in [3.8, 4) is 11.5 Å². The van der Waals surface area contributed by atoms with Crippen molar-refractivity contribution in [2.45, 2.75) is 24.4 Å². The molecule has 1 amide bonds. The highest BCUT2D eigenvalue weighted by atomic mass is 35.5. The van der Waals surface area contributed by atoms with Gasteiger partial charge in [0.2, 0.25) is 0 Å². The van der Waals surface area contributed by atoms with Gasteiger partial charge in [0.25, 0.3) is 15.9 Å². The van der Waals surface area contributed by atoms with Gasteiger partial charge in [0.05, 0.1) is 21.2 Å². The van der Waals surface area contributed by atoms with Gasteiger partial charge in [0, 0.05) is 37.2 Å². The molecule has 0 radical (unpaired) electrons. The molecule has 1 saturated heterocycles. The smallest absolute Gasteiger partial charge is 0.261 e. The van der Waals surface area contributed by atoms with Crippen LogP contribution >= 0.6 is 23.2 Å². The van der Waals surface area contributed by atoms with Gasteiger partial charge >= 0.3 is 0 Å². The van der Waals surface area contributed by atoms with Crippen molar-refractivity contribution in [2.75, 3.05) is 24.4 Å². The summed E-state index contributed by atoms with van der Waals surface area (Å²) in [7, 11) is -4.02. The Balaban J connectivity index is 1.30. The molecule has 1 N–H and O–H groups in total. The van der Waals surface area contributed by atoms with E-state index in [-0.39, 0.29) is 28.1 Å². The number of hydrogen-bond donors (Lipinski definition) is 1. The average molecular weight is 611 g/mol. The molecular formula is C31H29Cl2N3O4S. The molecule has 10 heteroatoms. The van der Waals surface area contributed by atoms with Gasteiger partial charge in [0.15, 0.2) is 0 Å². The molecule has 1 heterocycles. The number of rotatable bonds is 8. The molecule has 0 saturated carbocycles. The fraction of sp³-hybridized carbons (Fsp3) is 0.194. The Morgan fingerprint density at radius 3 is 2.34 bits per heavy atom. The zero-order valence-corrected chi connectivity index (χ0v) is 24.7. The Labute approximate surface area is 250 Å². The van der Waals surface area contributed by atoms with Crippen molar-refractivity contribution < 1.29 is 17.9 Å². The number of anilines is 1. The number of ether oxygens (including phenoxy) is 1. The number of nitrogens with zero attached hydrogens (tertiary/aromatic N) is 2. The first-order valence-corrected chi connectivity index (χ1v) is 15.4. The monoisotopic (exact) mass is 609 g/mol. The third-order valence-corrected chi connectivity index (χ3v) is 8.81. The largest absolute Gasteiger partial charge is 0.456 e. The summed E-state index contributed by atoms with van der Waals surface area (Å²) in [4.78, 5) is 17.8. The van der Waals surface area contributed by atoms with E-state index < -0.39 is 10.0 Å². The Bertz CT molecular complexity index is 1630. The minimum absolute atomic E-state index is 0.0141. The molecule has 41 heavy (non-hydrogen) atoms. The van der Waals surface area contributed by atoms with Crippen LogP contribution in [0.2, 0.25) is 10.0 Å². The van der Waals surface area contributed by atoms with Gasteiger partial charge in [-0.15, -0.1) is 0 Å². The normalized spacial score (nSPS) is 15.9. The van der Waals surface area contributed by atoms with Gasteiger partial charge in [-0.25, -0.2) is 8.42 Å². The molecule has 1 atom stereocenters. The van der Waals surface area contributed by atoms with E-state index in [1.54, 1.807) is 47.4 Å². The number of nitrogens with one attached hydrogen (secondary N) is 1. The Hall–Kier alpha value is -3.56. The summed E-state index contributed by atoms with van der Waals surface area (Å²) < 4.78 is 34.9. The van der Waals surface area contributed by atoms with E-state index in [1.165, 1.54) is 29.8 Å². The van der Waals surface area contributed by atoms with Gasteiger partial charge in [0.1, 0.15) is 11.5 Å². The van der Waals surface area contributed by atoms with Gasteiger partial charge in [-0.05, 0) is 67.1 Å². The van der Waals surface area contributed by atoms with Crippen LogP contribution in [0.5, 0.6) is 11.5 Å². The predicted molar refractivity (Wildman–Crippen MR) is 162 cm³/mol.